The molecule has 1 N–H and O–H groups in total. The van der Waals surface area contributed by atoms with Crippen LogP contribution in [0.15, 0.2) is 42.7 Å². The zero-order chi connectivity index (χ0) is 14.4. The molecule has 2 aromatic rings. The molecular formula is C15H14ClFN2O. The molecule has 0 bridgehead atoms. The van der Waals surface area contributed by atoms with Crippen molar-refractivity contribution in [1.29, 1.82) is 0 Å². The van der Waals surface area contributed by atoms with Crippen LogP contribution in [0.4, 0.5) is 4.39 Å². The minimum absolute atomic E-state index is 0.120. The highest BCUT2D eigenvalue weighted by Crippen LogP contribution is 2.16. The van der Waals surface area contributed by atoms with E-state index in [4.69, 9.17) is 11.6 Å². The minimum Gasteiger partial charge on any atom is -0.352 e. The summed E-state index contributed by atoms with van der Waals surface area (Å²) in [6, 6.07) is 7.61. The van der Waals surface area contributed by atoms with Gasteiger partial charge in [-0.05, 0) is 42.7 Å². The van der Waals surface area contributed by atoms with Gasteiger partial charge in [-0.2, -0.15) is 0 Å². The van der Waals surface area contributed by atoms with Crippen LogP contribution < -0.4 is 5.32 Å². The van der Waals surface area contributed by atoms with Gasteiger partial charge in [0.15, 0.2) is 0 Å². The first kappa shape index (κ1) is 14.5. The molecule has 0 saturated heterocycles. The summed E-state index contributed by atoms with van der Waals surface area (Å²) < 4.78 is 12.9. The fourth-order valence-corrected chi connectivity index (χ4v) is 2.06. The van der Waals surface area contributed by atoms with Crippen molar-refractivity contribution in [1.82, 2.24) is 10.3 Å². The number of nitrogens with zero attached hydrogens (tertiary/aromatic N) is 1. The summed E-state index contributed by atoms with van der Waals surface area (Å²) in [4.78, 5) is 15.9. The van der Waals surface area contributed by atoms with Gasteiger partial charge < -0.3 is 5.32 Å². The lowest BCUT2D eigenvalue weighted by Gasteiger charge is -2.06. The van der Waals surface area contributed by atoms with Gasteiger partial charge in [-0.1, -0.05) is 17.7 Å². The summed E-state index contributed by atoms with van der Waals surface area (Å²) in [5.41, 5.74) is 1.41. The number of aryl methyl sites for hydroxylation is 1. The van der Waals surface area contributed by atoms with Gasteiger partial charge in [0, 0.05) is 18.9 Å². The highest BCUT2D eigenvalue weighted by molar-refractivity contribution is 6.33. The third-order valence-electron chi connectivity index (χ3n) is 2.83. The van der Waals surface area contributed by atoms with Crippen LogP contribution in [-0.4, -0.2) is 17.4 Å². The van der Waals surface area contributed by atoms with Crippen molar-refractivity contribution in [2.45, 2.75) is 12.8 Å². The summed E-state index contributed by atoms with van der Waals surface area (Å²) in [5.74, 6) is -0.746. The Bertz CT molecular complexity index is 590. The van der Waals surface area contributed by atoms with Crippen molar-refractivity contribution in [2.24, 2.45) is 0 Å². The number of pyridine rings is 1. The Labute approximate surface area is 121 Å². The van der Waals surface area contributed by atoms with Gasteiger partial charge in [0.2, 0.25) is 0 Å². The van der Waals surface area contributed by atoms with Crippen LogP contribution in [0.3, 0.4) is 0 Å². The van der Waals surface area contributed by atoms with E-state index >= 15 is 0 Å². The first-order chi connectivity index (χ1) is 9.66. The largest absolute Gasteiger partial charge is 0.352 e. The van der Waals surface area contributed by atoms with Gasteiger partial charge in [-0.25, -0.2) is 4.39 Å². The lowest BCUT2D eigenvalue weighted by Crippen LogP contribution is -2.25. The molecule has 0 aliphatic carbocycles. The predicted octanol–water partition coefficient (Wildman–Crippen LogP) is 3.24. The predicted molar refractivity (Wildman–Crippen MR) is 76.3 cm³/mol. The normalized spacial score (nSPS) is 10.3. The van der Waals surface area contributed by atoms with E-state index in [1.165, 1.54) is 12.1 Å². The van der Waals surface area contributed by atoms with Gasteiger partial charge in [0.25, 0.3) is 5.91 Å². The van der Waals surface area contributed by atoms with Crippen LogP contribution in [0.5, 0.6) is 0 Å². The Balaban J connectivity index is 1.80. The van der Waals surface area contributed by atoms with Crippen molar-refractivity contribution in [3.63, 3.8) is 0 Å². The number of rotatable bonds is 5. The van der Waals surface area contributed by atoms with Gasteiger partial charge >= 0.3 is 0 Å². The highest BCUT2D eigenvalue weighted by atomic mass is 35.5. The third kappa shape index (κ3) is 4.03. The molecule has 1 amide bonds. The van der Waals surface area contributed by atoms with E-state index in [-0.39, 0.29) is 16.5 Å². The number of carbonyl (C=O) groups is 1. The second-order valence-corrected chi connectivity index (χ2v) is 4.75. The number of hydrogen-bond donors (Lipinski definition) is 1. The van der Waals surface area contributed by atoms with E-state index in [9.17, 15) is 9.18 Å². The molecule has 0 radical (unpaired) electrons. The van der Waals surface area contributed by atoms with E-state index in [1.54, 1.807) is 12.4 Å². The topological polar surface area (TPSA) is 42.0 Å². The highest BCUT2D eigenvalue weighted by Gasteiger charge is 2.10. The molecule has 5 heteroatoms. The Hall–Kier alpha value is -1.94. The SMILES string of the molecule is O=C(NCCCc1cccnc1)c1ccc(F)cc1Cl. The van der Waals surface area contributed by atoms with Crippen molar-refractivity contribution >= 4 is 17.5 Å². The first-order valence-corrected chi connectivity index (χ1v) is 6.67. The van der Waals surface area contributed by atoms with Crippen LogP contribution in [0, 0.1) is 5.82 Å². The molecule has 3 nitrogen and oxygen atoms in total. The fraction of sp³-hybridized carbons (Fsp3) is 0.200. The smallest absolute Gasteiger partial charge is 0.252 e. The number of benzene rings is 1. The van der Waals surface area contributed by atoms with E-state index < -0.39 is 5.82 Å². The van der Waals surface area contributed by atoms with E-state index in [2.05, 4.69) is 10.3 Å². The van der Waals surface area contributed by atoms with Crippen LogP contribution in [0.2, 0.25) is 5.02 Å². The van der Waals surface area contributed by atoms with E-state index in [0.717, 1.165) is 24.5 Å². The number of hydrogen-bond acceptors (Lipinski definition) is 2. The average molecular weight is 293 g/mol. The zero-order valence-corrected chi connectivity index (χ0v) is 11.5. The van der Waals surface area contributed by atoms with Gasteiger partial charge in [0.05, 0.1) is 10.6 Å². The maximum absolute atomic E-state index is 12.9. The number of halogens is 2. The molecular weight excluding hydrogens is 279 g/mol. The summed E-state index contributed by atoms with van der Waals surface area (Å²) in [6.45, 7) is 0.529. The fourth-order valence-electron chi connectivity index (χ4n) is 1.81. The maximum atomic E-state index is 12.9. The molecule has 0 aliphatic heterocycles. The second kappa shape index (κ2) is 7.01. The summed E-state index contributed by atoms with van der Waals surface area (Å²) in [6.07, 6.45) is 5.17. The minimum atomic E-state index is -0.455. The maximum Gasteiger partial charge on any atom is 0.252 e. The van der Waals surface area contributed by atoms with Crippen molar-refractivity contribution < 1.29 is 9.18 Å². The Morgan fingerprint density at radius 1 is 1.35 bits per heavy atom. The van der Waals surface area contributed by atoms with Gasteiger partial charge in [-0.3, -0.25) is 9.78 Å². The zero-order valence-electron chi connectivity index (χ0n) is 10.8. The summed E-state index contributed by atoms with van der Waals surface area (Å²) >= 11 is 5.82. The van der Waals surface area contributed by atoms with Crippen molar-refractivity contribution in [2.75, 3.05) is 6.54 Å². The molecule has 1 aromatic heterocycles. The Morgan fingerprint density at radius 3 is 2.90 bits per heavy atom. The molecule has 0 aliphatic rings. The summed E-state index contributed by atoms with van der Waals surface area (Å²) in [7, 11) is 0. The van der Waals surface area contributed by atoms with Crippen LogP contribution in [-0.2, 0) is 6.42 Å². The van der Waals surface area contributed by atoms with E-state index in [1.807, 2.05) is 12.1 Å². The molecule has 0 spiro atoms. The molecule has 0 fully saturated rings. The molecule has 2 rings (SSSR count). The molecule has 0 unspecified atom stereocenters. The molecule has 0 saturated carbocycles. The van der Waals surface area contributed by atoms with Crippen LogP contribution >= 0.6 is 11.6 Å². The average Bonchev–Trinajstić information content (AvgIpc) is 2.44. The third-order valence-corrected chi connectivity index (χ3v) is 3.14. The quantitative estimate of drug-likeness (QED) is 0.860. The first-order valence-electron chi connectivity index (χ1n) is 6.29. The number of aromatic nitrogens is 1. The molecule has 20 heavy (non-hydrogen) atoms. The number of nitrogens with one attached hydrogen (secondary N) is 1. The van der Waals surface area contributed by atoms with Crippen molar-refractivity contribution in [3.05, 3.63) is 64.7 Å². The van der Waals surface area contributed by atoms with Crippen LogP contribution in [0.25, 0.3) is 0 Å². The van der Waals surface area contributed by atoms with Gasteiger partial charge in [-0.15, -0.1) is 0 Å². The molecule has 0 atom stereocenters. The number of amides is 1. The van der Waals surface area contributed by atoms with E-state index in [0.29, 0.717) is 6.54 Å². The monoisotopic (exact) mass is 292 g/mol. The second-order valence-electron chi connectivity index (χ2n) is 4.34. The molecule has 1 heterocycles. The number of carbonyl (C=O) groups excluding carboxylic acids is 1. The Kier molecular flexibility index (Phi) is 5.07. The lowest BCUT2D eigenvalue weighted by molar-refractivity contribution is 0.0953. The Morgan fingerprint density at radius 2 is 2.20 bits per heavy atom. The standard InChI is InChI=1S/C15H14ClFN2O/c16-14-9-12(17)5-6-13(14)15(20)19-8-2-4-11-3-1-7-18-10-11/h1,3,5-7,9-10H,2,4,8H2,(H,19,20). The lowest BCUT2D eigenvalue weighted by atomic mass is 10.1. The molecule has 104 valence electrons. The molecule has 1 aromatic carbocycles. The summed E-state index contributed by atoms with van der Waals surface area (Å²) in [5, 5.41) is 2.88. The van der Waals surface area contributed by atoms with Crippen LogP contribution in [0.1, 0.15) is 22.3 Å². The van der Waals surface area contributed by atoms with Gasteiger partial charge in [0.1, 0.15) is 5.82 Å². The van der Waals surface area contributed by atoms with Crippen molar-refractivity contribution in [3.8, 4) is 0 Å².